The third kappa shape index (κ3) is 4.05. The van der Waals surface area contributed by atoms with Gasteiger partial charge in [0.15, 0.2) is 15.5 Å². The highest BCUT2D eigenvalue weighted by atomic mass is 32.1. The molecule has 0 saturated heterocycles. The van der Waals surface area contributed by atoms with Gasteiger partial charge in [0.25, 0.3) is 11.5 Å². The molecule has 0 bridgehead atoms. The zero-order valence-corrected chi connectivity index (χ0v) is 16.3. The van der Waals surface area contributed by atoms with E-state index in [0.29, 0.717) is 22.8 Å². The van der Waals surface area contributed by atoms with Crippen LogP contribution in [-0.4, -0.2) is 27.4 Å². The third-order valence-corrected chi connectivity index (χ3v) is 5.12. The molecule has 0 atom stereocenters. The number of hydrogen-bond acceptors (Lipinski definition) is 7. The second-order valence-electron chi connectivity index (χ2n) is 5.62. The summed E-state index contributed by atoms with van der Waals surface area (Å²) in [4.78, 5) is 25.4. The van der Waals surface area contributed by atoms with Crippen molar-refractivity contribution in [2.45, 2.75) is 6.92 Å². The van der Waals surface area contributed by atoms with Gasteiger partial charge in [-0.15, -0.1) is 11.3 Å². The Balaban J connectivity index is 1.95. The number of carbonyl (C=O) groups excluding carboxylic acids is 1. The molecule has 0 aliphatic rings. The Morgan fingerprint density at radius 3 is 2.61 bits per heavy atom. The number of hydrogen-bond donors (Lipinski definition) is 3. The fraction of sp³-hybridized carbons (Fsp3) is 0.105. The maximum absolute atomic E-state index is 12.5. The number of ether oxygens (including phenoxy) is 1. The molecule has 3 N–H and O–H groups in total. The van der Waals surface area contributed by atoms with Gasteiger partial charge in [0.05, 0.1) is 12.2 Å². The maximum Gasteiger partial charge on any atom is 0.274 e. The van der Waals surface area contributed by atoms with Crippen LogP contribution in [0.4, 0.5) is 0 Å². The Kier molecular flexibility index (Phi) is 5.76. The predicted molar refractivity (Wildman–Crippen MR) is 109 cm³/mol. The van der Waals surface area contributed by atoms with Crippen LogP contribution in [-0.2, 0) is 0 Å². The van der Waals surface area contributed by atoms with Gasteiger partial charge in [-0.1, -0.05) is 12.1 Å². The minimum Gasteiger partial charge on any atom is -0.507 e. The van der Waals surface area contributed by atoms with Gasteiger partial charge in [-0.05, 0) is 55.0 Å². The number of nitrogens with one attached hydrogen (secondary N) is 1. The van der Waals surface area contributed by atoms with Crippen molar-refractivity contribution in [2.24, 2.45) is 0 Å². The molecule has 0 spiro atoms. The molecule has 0 saturated carbocycles. The summed E-state index contributed by atoms with van der Waals surface area (Å²) in [5, 5.41) is 19.6. The summed E-state index contributed by atoms with van der Waals surface area (Å²) in [5.74, 6) is -0.561. The van der Waals surface area contributed by atoms with Crippen LogP contribution in [0.2, 0.25) is 0 Å². The molecule has 0 aliphatic carbocycles. The first-order valence-corrected chi connectivity index (χ1v) is 9.46. The standard InChI is InChI=1S/C19H16N2O5S2/c1-2-26-15-9-11(7-8-14(15)23)16-10-17(24)21(19(27)28-16)20-18(25)12-5-3-4-6-13(12)22/h3-10,22-23H,2H2,1H3,(H,20,25). The van der Waals surface area contributed by atoms with E-state index >= 15 is 0 Å². The highest BCUT2D eigenvalue weighted by Gasteiger charge is 2.14. The van der Waals surface area contributed by atoms with Crippen LogP contribution in [0, 0.1) is 3.95 Å². The molecule has 0 unspecified atom stereocenters. The number of aromatic nitrogens is 1. The first kappa shape index (κ1) is 19.6. The summed E-state index contributed by atoms with van der Waals surface area (Å²) in [6.07, 6.45) is 0. The number of rotatable bonds is 5. The second kappa shape index (κ2) is 8.24. The fourth-order valence-electron chi connectivity index (χ4n) is 2.44. The van der Waals surface area contributed by atoms with Gasteiger partial charge in [0.2, 0.25) is 0 Å². The second-order valence-corrected chi connectivity index (χ2v) is 7.30. The molecule has 9 heteroatoms. The topological polar surface area (TPSA) is 101 Å². The number of phenols is 2. The fourth-order valence-corrected chi connectivity index (χ4v) is 3.67. The first-order chi connectivity index (χ1) is 13.4. The molecule has 1 aromatic heterocycles. The Morgan fingerprint density at radius 1 is 1.18 bits per heavy atom. The van der Waals surface area contributed by atoms with Gasteiger partial charge < -0.3 is 14.9 Å². The number of nitrogens with zero attached hydrogens (tertiary/aromatic N) is 1. The van der Waals surface area contributed by atoms with Crippen molar-refractivity contribution in [3.05, 3.63) is 68.4 Å². The number of carbonyl (C=O) groups is 1. The van der Waals surface area contributed by atoms with Gasteiger partial charge in [-0.25, -0.2) is 0 Å². The number of aromatic hydroxyl groups is 2. The van der Waals surface area contributed by atoms with E-state index in [1.165, 1.54) is 24.3 Å². The number of benzene rings is 2. The zero-order chi connectivity index (χ0) is 20.3. The normalized spacial score (nSPS) is 10.5. The van der Waals surface area contributed by atoms with Gasteiger partial charge >= 0.3 is 0 Å². The molecule has 0 radical (unpaired) electrons. The summed E-state index contributed by atoms with van der Waals surface area (Å²) in [7, 11) is 0. The third-order valence-electron chi connectivity index (χ3n) is 3.76. The summed E-state index contributed by atoms with van der Waals surface area (Å²) >= 11 is 6.37. The highest BCUT2D eigenvalue weighted by molar-refractivity contribution is 7.73. The predicted octanol–water partition coefficient (Wildman–Crippen LogP) is 3.50. The van der Waals surface area contributed by atoms with Crippen molar-refractivity contribution in [3.8, 4) is 27.7 Å². The minimum atomic E-state index is -0.658. The Bertz CT molecular complexity index is 1120. The van der Waals surface area contributed by atoms with Crippen LogP contribution in [0.3, 0.4) is 0 Å². The van der Waals surface area contributed by atoms with Crippen molar-refractivity contribution < 1.29 is 19.7 Å². The number of phenolic OH excluding ortho intramolecular Hbond substituents is 2. The van der Waals surface area contributed by atoms with E-state index < -0.39 is 11.5 Å². The number of para-hydroxylation sites is 1. The SMILES string of the molecule is CCOc1cc(-c2cc(=O)n(NC(=O)c3ccccc3O)c(=S)s2)ccc1O. The molecule has 3 rings (SSSR count). The van der Waals surface area contributed by atoms with E-state index in [1.54, 1.807) is 31.2 Å². The molecule has 1 heterocycles. The smallest absolute Gasteiger partial charge is 0.274 e. The molecule has 2 aromatic carbocycles. The lowest BCUT2D eigenvalue weighted by Crippen LogP contribution is -2.32. The van der Waals surface area contributed by atoms with Crippen molar-refractivity contribution in [1.82, 2.24) is 4.68 Å². The lowest BCUT2D eigenvalue weighted by Gasteiger charge is -2.11. The largest absolute Gasteiger partial charge is 0.507 e. The first-order valence-electron chi connectivity index (χ1n) is 8.23. The summed E-state index contributed by atoms with van der Waals surface area (Å²) in [5.41, 5.74) is 2.54. The summed E-state index contributed by atoms with van der Waals surface area (Å²) < 4.78 is 6.43. The monoisotopic (exact) mass is 416 g/mol. The van der Waals surface area contributed by atoms with Crippen molar-refractivity contribution in [1.29, 1.82) is 0 Å². The Morgan fingerprint density at radius 2 is 1.93 bits per heavy atom. The van der Waals surface area contributed by atoms with E-state index in [-0.39, 0.29) is 21.0 Å². The van der Waals surface area contributed by atoms with Gasteiger partial charge in [0.1, 0.15) is 5.75 Å². The van der Waals surface area contributed by atoms with Crippen molar-refractivity contribution >= 4 is 29.5 Å². The Hall–Kier alpha value is -3.17. The van der Waals surface area contributed by atoms with Crippen LogP contribution in [0.5, 0.6) is 17.2 Å². The van der Waals surface area contributed by atoms with Gasteiger partial charge in [-0.3, -0.25) is 15.0 Å². The minimum absolute atomic E-state index is 0.00234. The average Bonchev–Trinajstić information content (AvgIpc) is 2.66. The molecule has 0 aliphatic heterocycles. The van der Waals surface area contributed by atoms with Gasteiger partial charge in [0, 0.05) is 10.9 Å². The zero-order valence-electron chi connectivity index (χ0n) is 14.7. The quantitative estimate of drug-likeness (QED) is 0.551. The molecular weight excluding hydrogens is 400 g/mol. The van der Waals surface area contributed by atoms with Crippen LogP contribution in [0.25, 0.3) is 10.4 Å². The lowest BCUT2D eigenvalue weighted by molar-refractivity contribution is 0.100. The molecule has 1 amide bonds. The van der Waals surface area contributed by atoms with Crippen LogP contribution >= 0.6 is 23.6 Å². The average molecular weight is 416 g/mol. The summed E-state index contributed by atoms with van der Waals surface area (Å²) in [6.45, 7) is 2.18. The highest BCUT2D eigenvalue weighted by Crippen LogP contribution is 2.33. The molecule has 0 fully saturated rings. The lowest BCUT2D eigenvalue weighted by atomic mass is 10.1. The summed E-state index contributed by atoms with van der Waals surface area (Å²) in [6, 6.07) is 12.0. The molecule has 3 aromatic rings. The van der Waals surface area contributed by atoms with E-state index in [2.05, 4.69) is 5.43 Å². The number of amides is 1. The molecular formula is C19H16N2O5S2. The van der Waals surface area contributed by atoms with Crippen molar-refractivity contribution in [2.75, 3.05) is 12.0 Å². The van der Waals surface area contributed by atoms with Crippen LogP contribution in [0.1, 0.15) is 17.3 Å². The maximum atomic E-state index is 12.5. The van der Waals surface area contributed by atoms with Gasteiger partial charge in [-0.2, -0.15) is 4.68 Å². The van der Waals surface area contributed by atoms with Crippen molar-refractivity contribution in [3.63, 3.8) is 0 Å². The molecule has 144 valence electrons. The van der Waals surface area contributed by atoms with Crippen LogP contribution in [0.15, 0.2) is 53.3 Å². The van der Waals surface area contributed by atoms with E-state index in [4.69, 9.17) is 17.0 Å². The van der Waals surface area contributed by atoms with Crippen LogP contribution < -0.4 is 15.7 Å². The molecule has 28 heavy (non-hydrogen) atoms. The van der Waals surface area contributed by atoms with E-state index in [1.807, 2.05) is 0 Å². The van der Waals surface area contributed by atoms with E-state index in [0.717, 1.165) is 16.0 Å². The molecule has 7 nitrogen and oxygen atoms in total. The Labute approximate surface area is 169 Å². The van der Waals surface area contributed by atoms with E-state index in [9.17, 15) is 19.8 Å².